The minimum absolute atomic E-state index is 0.264. The van der Waals surface area contributed by atoms with Crippen LogP contribution in [0.5, 0.6) is 0 Å². The SMILES string of the molecule is CN(CC(C)(C)C)C1(CN)CCN2CCC1C2. The molecule has 100 valence electrons. The topological polar surface area (TPSA) is 32.5 Å². The van der Waals surface area contributed by atoms with Crippen LogP contribution < -0.4 is 5.73 Å². The fourth-order valence-electron chi connectivity index (χ4n) is 3.83. The first-order chi connectivity index (χ1) is 7.87. The van der Waals surface area contributed by atoms with E-state index < -0.39 is 0 Å². The summed E-state index contributed by atoms with van der Waals surface area (Å²) in [5, 5.41) is 0. The van der Waals surface area contributed by atoms with E-state index in [0.29, 0.717) is 5.41 Å². The van der Waals surface area contributed by atoms with Gasteiger partial charge < -0.3 is 10.6 Å². The van der Waals surface area contributed by atoms with Gasteiger partial charge in [0.25, 0.3) is 0 Å². The summed E-state index contributed by atoms with van der Waals surface area (Å²) in [6, 6.07) is 0. The number of fused-ring (bicyclic) bond motifs is 2. The lowest BCUT2D eigenvalue weighted by atomic mass is 9.76. The second-order valence-corrected chi connectivity index (χ2v) is 7.26. The zero-order valence-corrected chi connectivity index (χ0v) is 12.0. The summed E-state index contributed by atoms with van der Waals surface area (Å²) in [6.45, 7) is 12.7. The molecular formula is C14H29N3. The summed E-state index contributed by atoms with van der Waals surface area (Å²) in [5.41, 5.74) is 6.80. The van der Waals surface area contributed by atoms with Crippen molar-refractivity contribution in [3.8, 4) is 0 Å². The number of likely N-dealkylation sites (N-methyl/N-ethyl adjacent to an activating group) is 1. The minimum atomic E-state index is 0.264. The average molecular weight is 239 g/mol. The summed E-state index contributed by atoms with van der Waals surface area (Å²) in [6.07, 6.45) is 2.59. The number of piperidine rings is 1. The van der Waals surface area contributed by atoms with E-state index in [-0.39, 0.29) is 5.54 Å². The van der Waals surface area contributed by atoms with E-state index in [1.165, 1.54) is 32.5 Å². The molecule has 2 heterocycles. The molecule has 2 bridgehead atoms. The Morgan fingerprint density at radius 2 is 2.06 bits per heavy atom. The molecule has 2 aliphatic heterocycles. The molecule has 2 fully saturated rings. The molecule has 2 rings (SSSR count). The zero-order valence-electron chi connectivity index (χ0n) is 12.0. The van der Waals surface area contributed by atoms with Gasteiger partial charge in [-0.3, -0.25) is 4.90 Å². The molecule has 3 unspecified atom stereocenters. The van der Waals surface area contributed by atoms with Crippen LogP contribution in [0.25, 0.3) is 0 Å². The van der Waals surface area contributed by atoms with Crippen molar-refractivity contribution >= 4 is 0 Å². The van der Waals surface area contributed by atoms with Crippen LogP contribution in [0.15, 0.2) is 0 Å². The van der Waals surface area contributed by atoms with Crippen LogP contribution in [0.4, 0.5) is 0 Å². The van der Waals surface area contributed by atoms with Crippen molar-refractivity contribution in [2.75, 3.05) is 39.8 Å². The molecular weight excluding hydrogens is 210 g/mol. The first kappa shape index (κ1) is 13.3. The van der Waals surface area contributed by atoms with Crippen LogP contribution in [0.2, 0.25) is 0 Å². The second kappa shape index (κ2) is 4.52. The molecule has 0 amide bonds. The van der Waals surface area contributed by atoms with Crippen molar-refractivity contribution in [1.29, 1.82) is 0 Å². The second-order valence-electron chi connectivity index (χ2n) is 7.26. The van der Waals surface area contributed by atoms with E-state index in [1.54, 1.807) is 0 Å². The molecule has 2 aliphatic rings. The summed E-state index contributed by atoms with van der Waals surface area (Å²) in [4.78, 5) is 5.17. The molecule has 3 atom stereocenters. The maximum Gasteiger partial charge on any atom is 0.0381 e. The van der Waals surface area contributed by atoms with Gasteiger partial charge in [0.15, 0.2) is 0 Å². The van der Waals surface area contributed by atoms with Gasteiger partial charge in [-0.15, -0.1) is 0 Å². The summed E-state index contributed by atoms with van der Waals surface area (Å²) in [5.74, 6) is 0.786. The monoisotopic (exact) mass is 239 g/mol. The molecule has 0 aliphatic carbocycles. The first-order valence-electron chi connectivity index (χ1n) is 7.01. The third-order valence-corrected chi connectivity index (χ3v) is 4.72. The Morgan fingerprint density at radius 1 is 1.35 bits per heavy atom. The normalized spacial score (nSPS) is 37.8. The third kappa shape index (κ3) is 2.51. The van der Waals surface area contributed by atoms with E-state index in [1.807, 2.05) is 0 Å². The Hall–Kier alpha value is -0.120. The van der Waals surface area contributed by atoms with Gasteiger partial charge in [-0.05, 0) is 44.3 Å². The largest absolute Gasteiger partial charge is 0.329 e. The third-order valence-electron chi connectivity index (χ3n) is 4.72. The van der Waals surface area contributed by atoms with E-state index in [4.69, 9.17) is 5.73 Å². The van der Waals surface area contributed by atoms with Crippen molar-refractivity contribution in [3.05, 3.63) is 0 Å². The Kier molecular flexibility index (Phi) is 3.54. The highest BCUT2D eigenvalue weighted by molar-refractivity contribution is 5.04. The van der Waals surface area contributed by atoms with Crippen molar-refractivity contribution in [3.63, 3.8) is 0 Å². The van der Waals surface area contributed by atoms with Gasteiger partial charge in [-0.2, -0.15) is 0 Å². The fraction of sp³-hybridized carbons (Fsp3) is 1.00. The smallest absolute Gasteiger partial charge is 0.0381 e. The van der Waals surface area contributed by atoms with Gasteiger partial charge >= 0.3 is 0 Å². The maximum atomic E-state index is 6.18. The number of rotatable bonds is 3. The van der Waals surface area contributed by atoms with E-state index in [9.17, 15) is 0 Å². The van der Waals surface area contributed by atoms with Gasteiger partial charge in [-0.25, -0.2) is 0 Å². The fourth-order valence-corrected chi connectivity index (χ4v) is 3.83. The van der Waals surface area contributed by atoms with E-state index >= 15 is 0 Å². The Bertz CT molecular complexity index is 271. The van der Waals surface area contributed by atoms with Gasteiger partial charge in [0.05, 0.1) is 0 Å². The van der Waals surface area contributed by atoms with Crippen molar-refractivity contribution in [2.45, 2.75) is 39.2 Å². The summed E-state index contributed by atoms with van der Waals surface area (Å²) in [7, 11) is 2.28. The quantitative estimate of drug-likeness (QED) is 0.808. The molecule has 3 nitrogen and oxygen atoms in total. The van der Waals surface area contributed by atoms with Gasteiger partial charge in [-0.1, -0.05) is 20.8 Å². The molecule has 2 saturated heterocycles. The Morgan fingerprint density at radius 3 is 2.65 bits per heavy atom. The molecule has 0 spiro atoms. The van der Waals surface area contributed by atoms with Crippen molar-refractivity contribution < 1.29 is 0 Å². The molecule has 3 heteroatoms. The molecule has 2 N–H and O–H groups in total. The Balaban J connectivity index is 2.13. The van der Waals surface area contributed by atoms with E-state index in [2.05, 4.69) is 37.6 Å². The highest BCUT2D eigenvalue weighted by Gasteiger charge is 2.48. The minimum Gasteiger partial charge on any atom is -0.329 e. The number of nitrogens with two attached hydrogens (primary N) is 1. The molecule has 17 heavy (non-hydrogen) atoms. The maximum absolute atomic E-state index is 6.18. The van der Waals surface area contributed by atoms with Gasteiger partial charge in [0, 0.05) is 25.2 Å². The van der Waals surface area contributed by atoms with Crippen LogP contribution in [-0.4, -0.2) is 55.1 Å². The molecule has 0 radical (unpaired) electrons. The molecule has 0 saturated carbocycles. The number of nitrogens with zero attached hydrogens (tertiary/aromatic N) is 2. The average Bonchev–Trinajstić information content (AvgIpc) is 2.61. The highest BCUT2D eigenvalue weighted by Crippen LogP contribution is 2.39. The Labute approximate surface area is 106 Å². The lowest BCUT2D eigenvalue weighted by Gasteiger charge is -2.50. The lowest BCUT2D eigenvalue weighted by molar-refractivity contribution is 0.00732. The van der Waals surface area contributed by atoms with Crippen LogP contribution in [0.1, 0.15) is 33.6 Å². The summed E-state index contributed by atoms with van der Waals surface area (Å²) >= 11 is 0. The van der Waals surface area contributed by atoms with Crippen LogP contribution in [0.3, 0.4) is 0 Å². The predicted octanol–water partition coefficient (Wildman–Crippen LogP) is 1.39. The van der Waals surface area contributed by atoms with Gasteiger partial charge in [0.2, 0.25) is 0 Å². The van der Waals surface area contributed by atoms with Gasteiger partial charge in [0.1, 0.15) is 0 Å². The zero-order chi connectivity index (χ0) is 12.7. The number of hydrogen-bond donors (Lipinski definition) is 1. The lowest BCUT2D eigenvalue weighted by Crippen LogP contribution is -2.62. The molecule has 0 aromatic heterocycles. The predicted molar refractivity (Wildman–Crippen MR) is 73.0 cm³/mol. The van der Waals surface area contributed by atoms with Crippen LogP contribution >= 0.6 is 0 Å². The molecule has 0 aromatic rings. The van der Waals surface area contributed by atoms with Crippen LogP contribution in [0, 0.1) is 11.3 Å². The first-order valence-corrected chi connectivity index (χ1v) is 7.01. The van der Waals surface area contributed by atoms with Crippen LogP contribution in [-0.2, 0) is 0 Å². The molecule has 0 aromatic carbocycles. The van der Waals surface area contributed by atoms with Crippen molar-refractivity contribution in [1.82, 2.24) is 9.80 Å². The van der Waals surface area contributed by atoms with E-state index in [0.717, 1.165) is 19.0 Å². The van der Waals surface area contributed by atoms with Crippen molar-refractivity contribution in [2.24, 2.45) is 17.1 Å². The standard InChI is InChI=1S/C14H29N3/c1-13(2,3)11-16(4)14(10-15)6-8-17-7-5-12(14)9-17/h12H,5-11,15H2,1-4H3. The summed E-state index contributed by atoms with van der Waals surface area (Å²) < 4.78 is 0. The number of hydrogen-bond acceptors (Lipinski definition) is 3. The highest BCUT2D eigenvalue weighted by atomic mass is 15.3.